The molecule has 0 atom stereocenters. The zero-order valence-corrected chi connectivity index (χ0v) is 8.33. The predicted octanol–water partition coefficient (Wildman–Crippen LogP) is 0.180. The van der Waals surface area contributed by atoms with E-state index in [1.165, 1.54) is 6.33 Å². The summed E-state index contributed by atoms with van der Waals surface area (Å²) in [5.74, 6) is 0.776. The molecule has 3 N–H and O–H groups in total. The van der Waals surface area contributed by atoms with Gasteiger partial charge in [-0.05, 0) is 0 Å². The third-order valence-corrected chi connectivity index (χ3v) is 2.18. The van der Waals surface area contributed by atoms with Crippen LogP contribution < -0.4 is 5.73 Å². The van der Waals surface area contributed by atoms with Crippen LogP contribution in [0.15, 0.2) is 24.9 Å². The number of nitrogens with one attached hydrogen (secondary N) is 1. The van der Waals surface area contributed by atoms with Crippen LogP contribution in [0.2, 0.25) is 0 Å². The topological polar surface area (TPSA) is 98.3 Å². The maximum absolute atomic E-state index is 5.57. The molecule has 0 aromatic carbocycles. The molecule has 16 heavy (non-hydrogen) atoms. The molecule has 3 aromatic heterocycles. The molecule has 7 heteroatoms. The van der Waals surface area contributed by atoms with Gasteiger partial charge in [0.1, 0.15) is 17.7 Å². The fourth-order valence-electron chi connectivity index (χ4n) is 1.51. The zero-order chi connectivity index (χ0) is 11.0. The molecular weight excluding hydrogens is 206 g/mol. The largest absolute Gasteiger partial charge is 0.396 e. The van der Waals surface area contributed by atoms with Crippen LogP contribution >= 0.6 is 0 Å². The number of aromatic nitrogens is 6. The molecule has 3 aromatic rings. The summed E-state index contributed by atoms with van der Waals surface area (Å²) in [7, 11) is 0. The third kappa shape index (κ3) is 1.48. The van der Waals surface area contributed by atoms with Crippen molar-refractivity contribution in [2.45, 2.75) is 6.54 Å². The molecule has 0 bridgehead atoms. The highest BCUT2D eigenvalue weighted by atomic mass is 15.3. The molecule has 0 fully saturated rings. The summed E-state index contributed by atoms with van der Waals surface area (Å²) in [5.41, 5.74) is 7.68. The van der Waals surface area contributed by atoms with Crippen molar-refractivity contribution in [3.05, 3.63) is 30.7 Å². The van der Waals surface area contributed by atoms with Crippen LogP contribution in [0, 0.1) is 0 Å². The van der Waals surface area contributed by atoms with Crippen LogP contribution in [0.25, 0.3) is 11.2 Å². The zero-order valence-electron chi connectivity index (χ0n) is 8.33. The summed E-state index contributed by atoms with van der Waals surface area (Å²) in [6, 6.07) is 0. The Morgan fingerprint density at radius 1 is 1.38 bits per heavy atom. The molecule has 0 unspecified atom stereocenters. The van der Waals surface area contributed by atoms with E-state index in [0.29, 0.717) is 17.9 Å². The minimum atomic E-state index is 0.535. The number of imidazole rings is 1. The van der Waals surface area contributed by atoms with E-state index in [0.717, 1.165) is 11.3 Å². The van der Waals surface area contributed by atoms with Gasteiger partial charge in [0, 0.05) is 6.20 Å². The van der Waals surface area contributed by atoms with Gasteiger partial charge >= 0.3 is 0 Å². The van der Waals surface area contributed by atoms with Crippen LogP contribution in [0.5, 0.6) is 0 Å². The van der Waals surface area contributed by atoms with E-state index in [2.05, 4.69) is 25.0 Å². The molecule has 0 radical (unpaired) electrons. The standard InChI is InChI=1S/C9H9N7/c10-6-1-13-16(3-6)4-8-14-7-2-11-5-12-9(7)15-8/h1-3,5H,4,10H2,(H,11,12,14,15). The monoisotopic (exact) mass is 215 g/mol. The number of hydrogen-bond donors (Lipinski definition) is 2. The number of fused-ring (bicyclic) bond motifs is 1. The molecule has 3 rings (SSSR count). The highest BCUT2D eigenvalue weighted by molar-refractivity contribution is 5.68. The average molecular weight is 215 g/mol. The number of nitrogens with two attached hydrogens (primary N) is 1. The first-order chi connectivity index (χ1) is 7.81. The molecule has 7 nitrogen and oxygen atoms in total. The van der Waals surface area contributed by atoms with E-state index in [1.54, 1.807) is 23.3 Å². The van der Waals surface area contributed by atoms with Crippen molar-refractivity contribution in [1.82, 2.24) is 29.7 Å². The van der Waals surface area contributed by atoms with E-state index in [9.17, 15) is 0 Å². The normalized spacial score (nSPS) is 11.0. The van der Waals surface area contributed by atoms with Gasteiger partial charge in [-0.3, -0.25) is 4.68 Å². The second kappa shape index (κ2) is 3.30. The molecule has 0 saturated carbocycles. The van der Waals surface area contributed by atoms with Crippen LogP contribution in [0.1, 0.15) is 5.82 Å². The summed E-state index contributed by atoms with van der Waals surface area (Å²) < 4.78 is 1.71. The van der Waals surface area contributed by atoms with Gasteiger partial charge in [0.2, 0.25) is 0 Å². The second-order valence-corrected chi connectivity index (χ2v) is 3.41. The second-order valence-electron chi connectivity index (χ2n) is 3.41. The van der Waals surface area contributed by atoms with Crippen LogP contribution in [0.4, 0.5) is 5.69 Å². The molecule has 0 saturated heterocycles. The Morgan fingerprint density at radius 3 is 3.06 bits per heavy atom. The molecule has 3 heterocycles. The van der Waals surface area contributed by atoms with Crippen LogP contribution in [-0.4, -0.2) is 29.7 Å². The minimum Gasteiger partial charge on any atom is -0.396 e. The fourth-order valence-corrected chi connectivity index (χ4v) is 1.51. The molecule has 0 aliphatic rings. The van der Waals surface area contributed by atoms with Crippen LogP contribution in [-0.2, 0) is 6.54 Å². The molecule has 0 amide bonds. The SMILES string of the molecule is Nc1cnn(Cc2nc3ncncc3[nH]2)c1. The fraction of sp³-hybridized carbons (Fsp3) is 0.111. The Kier molecular flexibility index (Phi) is 1.82. The smallest absolute Gasteiger partial charge is 0.180 e. The van der Waals surface area contributed by atoms with Crippen molar-refractivity contribution in [3.63, 3.8) is 0 Å². The van der Waals surface area contributed by atoms with Crippen molar-refractivity contribution in [2.75, 3.05) is 5.73 Å². The predicted molar refractivity (Wildman–Crippen MR) is 57.4 cm³/mol. The summed E-state index contributed by atoms with van der Waals surface area (Å²) in [5, 5.41) is 4.08. The summed E-state index contributed by atoms with van der Waals surface area (Å²) in [4.78, 5) is 15.4. The summed E-state index contributed by atoms with van der Waals surface area (Å²) >= 11 is 0. The first kappa shape index (κ1) is 8.84. The molecular formula is C9H9N7. The maximum Gasteiger partial charge on any atom is 0.180 e. The lowest BCUT2D eigenvalue weighted by Gasteiger charge is -1.95. The Balaban J connectivity index is 1.95. The van der Waals surface area contributed by atoms with Gasteiger partial charge in [-0.15, -0.1) is 0 Å². The number of hydrogen-bond acceptors (Lipinski definition) is 5. The van der Waals surface area contributed by atoms with E-state index in [1.807, 2.05) is 0 Å². The first-order valence-electron chi connectivity index (χ1n) is 4.74. The molecule has 0 spiro atoms. The number of nitrogens with zero attached hydrogens (tertiary/aromatic N) is 5. The summed E-state index contributed by atoms with van der Waals surface area (Å²) in [6.07, 6.45) is 6.51. The lowest BCUT2D eigenvalue weighted by atomic mass is 10.6. The Hall–Kier alpha value is -2.44. The third-order valence-electron chi connectivity index (χ3n) is 2.18. The molecule has 0 aliphatic carbocycles. The van der Waals surface area contributed by atoms with Gasteiger partial charge in [-0.1, -0.05) is 0 Å². The number of anilines is 1. The van der Waals surface area contributed by atoms with Crippen molar-refractivity contribution >= 4 is 16.9 Å². The Bertz CT molecular complexity index is 590. The van der Waals surface area contributed by atoms with E-state index in [-0.39, 0.29) is 0 Å². The quantitative estimate of drug-likeness (QED) is 0.635. The highest BCUT2D eigenvalue weighted by Gasteiger charge is 2.04. The number of rotatable bonds is 2. The summed E-state index contributed by atoms with van der Waals surface area (Å²) in [6.45, 7) is 0.535. The molecule has 0 aliphatic heterocycles. The van der Waals surface area contributed by atoms with Crippen molar-refractivity contribution in [2.24, 2.45) is 0 Å². The van der Waals surface area contributed by atoms with Crippen molar-refractivity contribution in [1.29, 1.82) is 0 Å². The van der Waals surface area contributed by atoms with Gasteiger partial charge in [0.05, 0.1) is 24.6 Å². The number of nitrogen functional groups attached to an aromatic ring is 1. The van der Waals surface area contributed by atoms with Crippen LogP contribution in [0.3, 0.4) is 0 Å². The van der Waals surface area contributed by atoms with Gasteiger partial charge in [0.15, 0.2) is 5.65 Å². The van der Waals surface area contributed by atoms with Gasteiger partial charge in [0.25, 0.3) is 0 Å². The van der Waals surface area contributed by atoms with Gasteiger partial charge in [-0.2, -0.15) is 5.10 Å². The molecule has 80 valence electrons. The minimum absolute atomic E-state index is 0.535. The van der Waals surface area contributed by atoms with E-state index < -0.39 is 0 Å². The Labute approximate surface area is 90.4 Å². The lowest BCUT2D eigenvalue weighted by Crippen LogP contribution is -2.01. The van der Waals surface area contributed by atoms with E-state index in [4.69, 9.17) is 5.73 Å². The average Bonchev–Trinajstić information content (AvgIpc) is 2.84. The van der Waals surface area contributed by atoms with Gasteiger partial charge < -0.3 is 10.7 Å². The Morgan fingerprint density at radius 2 is 2.31 bits per heavy atom. The van der Waals surface area contributed by atoms with Crippen molar-refractivity contribution in [3.8, 4) is 0 Å². The van der Waals surface area contributed by atoms with Gasteiger partial charge in [-0.25, -0.2) is 15.0 Å². The first-order valence-corrected chi connectivity index (χ1v) is 4.74. The number of aromatic amines is 1. The van der Waals surface area contributed by atoms with E-state index >= 15 is 0 Å². The lowest BCUT2D eigenvalue weighted by molar-refractivity contribution is 0.663. The van der Waals surface area contributed by atoms with Crippen molar-refractivity contribution < 1.29 is 0 Å². The number of H-pyrrole nitrogens is 1. The maximum atomic E-state index is 5.57. The highest BCUT2D eigenvalue weighted by Crippen LogP contribution is 2.07.